The lowest BCUT2D eigenvalue weighted by Gasteiger charge is -2.27. The zero-order valence-corrected chi connectivity index (χ0v) is 8.05. The fourth-order valence-electron chi connectivity index (χ4n) is 1.19. The van der Waals surface area contributed by atoms with Gasteiger partial charge < -0.3 is 10.8 Å². The van der Waals surface area contributed by atoms with E-state index >= 15 is 0 Å². The Morgan fingerprint density at radius 1 is 1.12 bits per heavy atom. The number of hydrogen-bond acceptors (Lipinski definition) is 2. The molecule has 0 amide bonds. The van der Waals surface area contributed by atoms with Crippen molar-refractivity contribution in [3.05, 3.63) is 35.4 Å². The SMILES string of the molecule is N[C@@](C(=O)O)(c1cc(F)cc(F)c1)C(F)(F)F. The number of hydrogen-bond donors (Lipinski definition) is 2. The minimum absolute atomic E-state index is 0.227. The van der Waals surface area contributed by atoms with Gasteiger partial charge in [-0.15, -0.1) is 0 Å². The summed E-state index contributed by atoms with van der Waals surface area (Å²) in [6.45, 7) is 0. The molecule has 94 valence electrons. The third-order valence-electron chi connectivity index (χ3n) is 2.10. The topological polar surface area (TPSA) is 63.3 Å². The van der Waals surface area contributed by atoms with Gasteiger partial charge in [0.2, 0.25) is 5.54 Å². The van der Waals surface area contributed by atoms with Crippen LogP contribution in [-0.2, 0) is 10.3 Å². The standard InChI is InChI=1S/C9H6F5NO2/c10-5-1-4(2-6(11)3-5)8(15,7(16)17)9(12,13)14/h1-3H,15H2,(H,16,17)/t8-/m1/s1. The van der Waals surface area contributed by atoms with E-state index in [1.165, 1.54) is 0 Å². The summed E-state index contributed by atoms with van der Waals surface area (Å²) in [4.78, 5) is 10.6. The normalized spacial score (nSPS) is 15.4. The van der Waals surface area contributed by atoms with Gasteiger partial charge in [0.15, 0.2) is 0 Å². The molecule has 0 spiro atoms. The predicted octanol–water partition coefficient (Wildman–Crippen LogP) is 1.77. The maximum absolute atomic E-state index is 12.8. The van der Waals surface area contributed by atoms with Crippen molar-refractivity contribution in [1.82, 2.24) is 0 Å². The van der Waals surface area contributed by atoms with E-state index in [0.717, 1.165) is 0 Å². The first-order valence-electron chi connectivity index (χ1n) is 4.14. The van der Waals surface area contributed by atoms with E-state index in [9.17, 15) is 26.7 Å². The molecule has 0 aromatic heterocycles. The molecule has 0 radical (unpaired) electrons. The van der Waals surface area contributed by atoms with Gasteiger partial charge in [0.05, 0.1) is 0 Å². The molecule has 0 unspecified atom stereocenters. The Morgan fingerprint density at radius 3 is 1.82 bits per heavy atom. The van der Waals surface area contributed by atoms with Crippen molar-refractivity contribution in [2.75, 3.05) is 0 Å². The van der Waals surface area contributed by atoms with Gasteiger partial charge in [0, 0.05) is 6.07 Å². The van der Waals surface area contributed by atoms with Crippen LogP contribution in [0, 0.1) is 11.6 Å². The molecular weight excluding hydrogens is 249 g/mol. The first-order chi connectivity index (χ1) is 7.59. The average Bonchev–Trinajstić information content (AvgIpc) is 2.12. The maximum atomic E-state index is 12.8. The second kappa shape index (κ2) is 3.95. The van der Waals surface area contributed by atoms with Gasteiger partial charge >= 0.3 is 12.1 Å². The second-order valence-corrected chi connectivity index (χ2v) is 3.27. The molecular formula is C9H6F5NO2. The van der Waals surface area contributed by atoms with Crippen molar-refractivity contribution in [2.24, 2.45) is 5.73 Å². The van der Waals surface area contributed by atoms with Gasteiger partial charge in [-0.3, -0.25) is 0 Å². The molecule has 1 rings (SSSR count). The molecule has 0 heterocycles. The summed E-state index contributed by atoms with van der Waals surface area (Å²) in [6, 6.07) is 0.761. The maximum Gasteiger partial charge on any atom is 0.421 e. The van der Waals surface area contributed by atoms with Crippen LogP contribution in [0.2, 0.25) is 0 Å². The number of alkyl halides is 3. The monoisotopic (exact) mass is 255 g/mol. The zero-order chi connectivity index (χ0) is 13.4. The van der Waals surface area contributed by atoms with E-state index in [0.29, 0.717) is 6.07 Å². The number of halogens is 5. The van der Waals surface area contributed by atoms with Crippen LogP contribution in [0.3, 0.4) is 0 Å². The van der Waals surface area contributed by atoms with Crippen molar-refractivity contribution < 1.29 is 31.9 Å². The van der Waals surface area contributed by atoms with Crippen LogP contribution in [0.25, 0.3) is 0 Å². The van der Waals surface area contributed by atoms with Crippen molar-refractivity contribution in [2.45, 2.75) is 11.7 Å². The number of carboxylic acids is 1. The molecule has 1 atom stereocenters. The predicted molar refractivity (Wildman–Crippen MR) is 45.9 cm³/mol. The Balaban J connectivity index is 3.49. The molecule has 3 N–H and O–H groups in total. The largest absolute Gasteiger partial charge is 0.479 e. The van der Waals surface area contributed by atoms with Crippen LogP contribution in [0.15, 0.2) is 18.2 Å². The van der Waals surface area contributed by atoms with Gasteiger partial charge in [-0.05, 0) is 17.7 Å². The average molecular weight is 255 g/mol. The highest BCUT2D eigenvalue weighted by Gasteiger charge is 2.59. The van der Waals surface area contributed by atoms with Gasteiger partial charge in [-0.25, -0.2) is 13.6 Å². The lowest BCUT2D eigenvalue weighted by molar-refractivity contribution is -0.204. The molecule has 0 bridgehead atoms. The van der Waals surface area contributed by atoms with E-state index in [-0.39, 0.29) is 12.1 Å². The van der Waals surface area contributed by atoms with Crippen LogP contribution < -0.4 is 5.73 Å². The van der Waals surface area contributed by atoms with Gasteiger partial charge in [-0.1, -0.05) is 0 Å². The Labute approximate surface area is 91.6 Å². The first kappa shape index (κ1) is 13.4. The number of nitrogens with two attached hydrogens (primary N) is 1. The van der Waals surface area contributed by atoms with Gasteiger partial charge in [0.25, 0.3) is 0 Å². The summed E-state index contributed by atoms with van der Waals surface area (Å²) in [5.41, 5.74) is -0.345. The van der Waals surface area contributed by atoms with Crippen molar-refractivity contribution >= 4 is 5.97 Å². The summed E-state index contributed by atoms with van der Waals surface area (Å²) in [7, 11) is 0. The molecule has 0 fully saturated rings. The van der Waals surface area contributed by atoms with Crippen LogP contribution in [0.4, 0.5) is 22.0 Å². The van der Waals surface area contributed by atoms with Crippen LogP contribution in [0.5, 0.6) is 0 Å². The quantitative estimate of drug-likeness (QED) is 0.791. The van der Waals surface area contributed by atoms with E-state index in [1.807, 2.05) is 0 Å². The van der Waals surface area contributed by atoms with Crippen molar-refractivity contribution in [1.29, 1.82) is 0 Å². The third kappa shape index (κ3) is 2.21. The van der Waals surface area contributed by atoms with Crippen LogP contribution in [0.1, 0.15) is 5.56 Å². The number of aliphatic carboxylic acids is 1. The summed E-state index contributed by atoms with van der Waals surface area (Å²) >= 11 is 0. The summed E-state index contributed by atoms with van der Waals surface area (Å²) in [6.07, 6.45) is -5.39. The molecule has 3 nitrogen and oxygen atoms in total. The minimum Gasteiger partial charge on any atom is -0.479 e. The summed E-state index contributed by atoms with van der Waals surface area (Å²) < 4.78 is 63.2. The Bertz CT molecular complexity index is 439. The molecule has 8 heteroatoms. The number of benzene rings is 1. The van der Waals surface area contributed by atoms with Crippen LogP contribution in [-0.4, -0.2) is 17.3 Å². The highest BCUT2D eigenvalue weighted by molar-refractivity contribution is 5.81. The van der Waals surface area contributed by atoms with Crippen molar-refractivity contribution in [3.8, 4) is 0 Å². The molecule has 1 aromatic rings. The zero-order valence-electron chi connectivity index (χ0n) is 8.05. The Hall–Kier alpha value is -1.70. The summed E-state index contributed by atoms with van der Waals surface area (Å²) in [5.74, 6) is -5.14. The van der Waals surface area contributed by atoms with Gasteiger partial charge in [0.1, 0.15) is 11.6 Å². The molecule has 0 saturated heterocycles. The number of rotatable bonds is 2. The minimum atomic E-state index is -5.39. The Morgan fingerprint density at radius 2 is 1.53 bits per heavy atom. The third-order valence-corrected chi connectivity index (χ3v) is 2.10. The molecule has 1 aromatic carbocycles. The van der Waals surface area contributed by atoms with E-state index < -0.39 is 34.9 Å². The van der Waals surface area contributed by atoms with E-state index in [2.05, 4.69) is 0 Å². The van der Waals surface area contributed by atoms with Crippen LogP contribution >= 0.6 is 0 Å². The van der Waals surface area contributed by atoms with E-state index in [1.54, 1.807) is 0 Å². The fourth-order valence-corrected chi connectivity index (χ4v) is 1.19. The molecule has 0 aliphatic rings. The molecule has 0 aliphatic heterocycles. The first-order valence-corrected chi connectivity index (χ1v) is 4.14. The van der Waals surface area contributed by atoms with Gasteiger partial charge in [-0.2, -0.15) is 13.2 Å². The smallest absolute Gasteiger partial charge is 0.421 e. The fraction of sp³-hybridized carbons (Fsp3) is 0.222. The molecule has 17 heavy (non-hydrogen) atoms. The van der Waals surface area contributed by atoms with Crippen molar-refractivity contribution in [3.63, 3.8) is 0 Å². The summed E-state index contributed by atoms with van der Waals surface area (Å²) in [5, 5.41) is 8.51. The highest BCUT2D eigenvalue weighted by Crippen LogP contribution is 2.37. The lowest BCUT2D eigenvalue weighted by atomic mass is 9.90. The number of carbonyl (C=O) groups is 1. The Kier molecular flexibility index (Phi) is 3.11. The molecule has 0 saturated carbocycles. The highest BCUT2D eigenvalue weighted by atomic mass is 19.4. The second-order valence-electron chi connectivity index (χ2n) is 3.27. The van der Waals surface area contributed by atoms with E-state index in [4.69, 9.17) is 10.8 Å². The number of carboxylic acid groups (broad SMARTS) is 1. The lowest BCUT2D eigenvalue weighted by Crippen LogP contribution is -2.56. The molecule has 0 aliphatic carbocycles.